The summed E-state index contributed by atoms with van der Waals surface area (Å²) in [4.78, 5) is 11.5. The van der Waals surface area contributed by atoms with Crippen LogP contribution in [-0.4, -0.2) is 36.4 Å². The van der Waals surface area contributed by atoms with E-state index in [2.05, 4.69) is 12.2 Å². The molecule has 4 heteroatoms. The van der Waals surface area contributed by atoms with Crippen molar-refractivity contribution < 1.29 is 14.6 Å². The fourth-order valence-corrected chi connectivity index (χ4v) is 2.98. The molecule has 1 aliphatic carbocycles. The second-order valence-electron chi connectivity index (χ2n) is 5.88. The molecule has 1 fully saturated rings. The minimum Gasteiger partial charge on any atom is -0.469 e. The normalized spacial score (nSPS) is 31.7. The van der Waals surface area contributed by atoms with E-state index in [0.717, 1.165) is 19.3 Å². The highest BCUT2D eigenvalue weighted by molar-refractivity contribution is 5.72. The number of ether oxygens (including phenoxy) is 1. The van der Waals surface area contributed by atoms with Crippen molar-refractivity contribution in [3.63, 3.8) is 0 Å². The van der Waals surface area contributed by atoms with Gasteiger partial charge in [-0.25, -0.2) is 0 Å². The van der Waals surface area contributed by atoms with Crippen molar-refractivity contribution in [2.24, 2.45) is 11.8 Å². The molecule has 0 heterocycles. The van der Waals surface area contributed by atoms with Gasteiger partial charge in [-0.2, -0.15) is 0 Å². The van der Waals surface area contributed by atoms with Gasteiger partial charge in [0.25, 0.3) is 0 Å². The molecule has 4 unspecified atom stereocenters. The van der Waals surface area contributed by atoms with Crippen LogP contribution in [0.15, 0.2) is 0 Å². The molecular formula is C14H27NO3. The summed E-state index contributed by atoms with van der Waals surface area (Å²) in [5.74, 6) is 0.224. The number of aliphatic hydroxyl groups is 1. The summed E-state index contributed by atoms with van der Waals surface area (Å²) in [7, 11) is 1.41. The number of carbonyl (C=O) groups excluding carboxylic acids is 1. The van der Waals surface area contributed by atoms with Crippen LogP contribution in [0.3, 0.4) is 0 Å². The molecule has 1 rings (SSSR count). The van der Waals surface area contributed by atoms with E-state index in [9.17, 15) is 9.90 Å². The fourth-order valence-electron chi connectivity index (χ4n) is 2.98. The summed E-state index contributed by atoms with van der Waals surface area (Å²) in [6, 6.07) is 0.00917. The van der Waals surface area contributed by atoms with Gasteiger partial charge in [0.1, 0.15) is 0 Å². The van der Waals surface area contributed by atoms with Crippen LogP contribution in [0.2, 0.25) is 0 Å². The number of esters is 1. The van der Waals surface area contributed by atoms with Gasteiger partial charge in [0, 0.05) is 11.6 Å². The summed E-state index contributed by atoms with van der Waals surface area (Å²) >= 11 is 0. The number of aliphatic hydroxyl groups excluding tert-OH is 1. The van der Waals surface area contributed by atoms with Gasteiger partial charge in [0.05, 0.1) is 19.6 Å². The summed E-state index contributed by atoms with van der Waals surface area (Å²) < 4.78 is 4.77. The third-order valence-corrected chi connectivity index (χ3v) is 4.25. The Morgan fingerprint density at radius 1 is 1.56 bits per heavy atom. The van der Waals surface area contributed by atoms with Crippen LogP contribution in [0.1, 0.15) is 46.5 Å². The van der Waals surface area contributed by atoms with Crippen LogP contribution in [0.25, 0.3) is 0 Å². The van der Waals surface area contributed by atoms with Crippen LogP contribution in [-0.2, 0) is 9.53 Å². The largest absolute Gasteiger partial charge is 0.469 e. The van der Waals surface area contributed by atoms with Gasteiger partial charge in [0.2, 0.25) is 0 Å². The average molecular weight is 257 g/mol. The summed E-state index contributed by atoms with van der Waals surface area (Å²) in [6.07, 6.45) is 4.31. The van der Waals surface area contributed by atoms with Crippen molar-refractivity contribution in [2.75, 3.05) is 13.7 Å². The number of nitrogens with one attached hydrogen (secondary N) is 1. The molecule has 0 aromatic rings. The van der Waals surface area contributed by atoms with Gasteiger partial charge in [-0.1, -0.05) is 26.7 Å². The van der Waals surface area contributed by atoms with Gasteiger partial charge in [-0.3, -0.25) is 4.79 Å². The second kappa shape index (κ2) is 6.53. The zero-order valence-electron chi connectivity index (χ0n) is 12.0. The molecule has 1 saturated carbocycles. The molecule has 0 bridgehead atoms. The zero-order valence-corrected chi connectivity index (χ0v) is 12.0. The number of rotatable bonds is 5. The van der Waals surface area contributed by atoms with Gasteiger partial charge in [0.15, 0.2) is 0 Å². The van der Waals surface area contributed by atoms with E-state index in [1.807, 2.05) is 13.8 Å². The molecule has 1 aliphatic rings. The minimum atomic E-state index is -0.223. The van der Waals surface area contributed by atoms with E-state index in [1.54, 1.807) is 0 Å². The van der Waals surface area contributed by atoms with Crippen LogP contribution in [0, 0.1) is 11.8 Å². The van der Waals surface area contributed by atoms with Crippen molar-refractivity contribution in [1.82, 2.24) is 5.32 Å². The maximum atomic E-state index is 11.5. The SMILES string of the molecule is COC(=O)C(C)C(C)NC1(CO)CCCC(C)C1. The Kier molecular flexibility index (Phi) is 5.60. The molecule has 2 N–H and O–H groups in total. The summed E-state index contributed by atoms with van der Waals surface area (Å²) in [5.41, 5.74) is -0.223. The Balaban J connectivity index is 2.64. The van der Waals surface area contributed by atoms with Crippen LogP contribution in [0.5, 0.6) is 0 Å². The smallest absolute Gasteiger partial charge is 0.309 e. The lowest BCUT2D eigenvalue weighted by molar-refractivity contribution is -0.146. The fraction of sp³-hybridized carbons (Fsp3) is 0.929. The van der Waals surface area contributed by atoms with E-state index in [1.165, 1.54) is 13.5 Å². The topological polar surface area (TPSA) is 58.6 Å². The number of methoxy groups -OCH3 is 1. The van der Waals surface area contributed by atoms with E-state index < -0.39 is 0 Å². The molecule has 0 radical (unpaired) electrons. The van der Waals surface area contributed by atoms with Crippen molar-refractivity contribution in [3.8, 4) is 0 Å². The van der Waals surface area contributed by atoms with E-state index in [0.29, 0.717) is 5.92 Å². The van der Waals surface area contributed by atoms with Gasteiger partial charge >= 0.3 is 5.97 Å². The molecule has 0 aromatic heterocycles. The lowest BCUT2D eigenvalue weighted by Gasteiger charge is -2.42. The van der Waals surface area contributed by atoms with E-state index in [4.69, 9.17) is 4.74 Å². The maximum Gasteiger partial charge on any atom is 0.309 e. The van der Waals surface area contributed by atoms with Gasteiger partial charge < -0.3 is 15.2 Å². The molecule has 18 heavy (non-hydrogen) atoms. The monoisotopic (exact) mass is 257 g/mol. The van der Waals surface area contributed by atoms with Crippen molar-refractivity contribution in [3.05, 3.63) is 0 Å². The summed E-state index contributed by atoms with van der Waals surface area (Å²) in [5, 5.41) is 13.2. The predicted octanol–water partition coefficient (Wildman–Crippen LogP) is 1.71. The van der Waals surface area contributed by atoms with Crippen molar-refractivity contribution in [1.29, 1.82) is 0 Å². The lowest BCUT2D eigenvalue weighted by Crippen LogP contribution is -2.56. The third kappa shape index (κ3) is 3.69. The predicted molar refractivity (Wildman–Crippen MR) is 71.2 cm³/mol. The van der Waals surface area contributed by atoms with Crippen molar-refractivity contribution >= 4 is 5.97 Å². The van der Waals surface area contributed by atoms with Crippen LogP contribution >= 0.6 is 0 Å². The first-order chi connectivity index (χ1) is 8.44. The van der Waals surface area contributed by atoms with Gasteiger partial charge in [-0.05, 0) is 25.7 Å². The molecule has 0 saturated heterocycles. The first-order valence-corrected chi connectivity index (χ1v) is 6.90. The summed E-state index contributed by atoms with van der Waals surface area (Å²) in [6.45, 7) is 6.20. The second-order valence-corrected chi connectivity index (χ2v) is 5.88. The number of carbonyl (C=O) groups is 1. The van der Waals surface area contributed by atoms with E-state index in [-0.39, 0.29) is 30.1 Å². The first-order valence-electron chi connectivity index (χ1n) is 6.90. The third-order valence-electron chi connectivity index (χ3n) is 4.25. The first kappa shape index (κ1) is 15.4. The quantitative estimate of drug-likeness (QED) is 0.736. The Morgan fingerprint density at radius 3 is 2.72 bits per heavy atom. The zero-order chi connectivity index (χ0) is 13.8. The van der Waals surface area contributed by atoms with Gasteiger partial charge in [-0.15, -0.1) is 0 Å². The lowest BCUT2D eigenvalue weighted by atomic mass is 9.76. The van der Waals surface area contributed by atoms with E-state index >= 15 is 0 Å². The molecule has 0 aliphatic heterocycles. The molecular weight excluding hydrogens is 230 g/mol. The Labute approximate surface area is 110 Å². The highest BCUT2D eigenvalue weighted by atomic mass is 16.5. The number of hydrogen-bond acceptors (Lipinski definition) is 4. The Morgan fingerprint density at radius 2 is 2.22 bits per heavy atom. The molecule has 0 spiro atoms. The van der Waals surface area contributed by atoms with Crippen LogP contribution in [0.4, 0.5) is 0 Å². The standard InChI is InChI=1S/C14H27NO3/c1-10-6-5-7-14(8-10,9-16)15-12(3)11(2)13(17)18-4/h10-12,15-16H,5-9H2,1-4H3. The van der Waals surface area contributed by atoms with Crippen LogP contribution < -0.4 is 5.32 Å². The Hall–Kier alpha value is -0.610. The molecule has 4 atom stereocenters. The Bertz CT molecular complexity index is 282. The highest BCUT2D eigenvalue weighted by Gasteiger charge is 2.37. The molecule has 106 valence electrons. The highest BCUT2D eigenvalue weighted by Crippen LogP contribution is 2.32. The average Bonchev–Trinajstić information content (AvgIpc) is 2.36. The maximum absolute atomic E-state index is 11.5. The molecule has 0 aromatic carbocycles. The molecule has 0 amide bonds. The van der Waals surface area contributed by atoms with Crippen molar-refractivity contribution in [2.45, 2.75) is 58.0 Å². The number of hydrogen-bond donors (Lipinski definition) is 2. The molecule has 4 nitrogen and oxygen atoms in total. The minimum absolute atomic E-state index is 0.00917.